The number of hydrazine groups is 1. The van der Waals surface area contributed by atoms with Crippen molar-refractivity contribution in [3.05, 3.63) is 0 Å². The molecule has 2 aliphatic rings. The summed E-state index contributed by atoms with van der Waals surface area (Å²) in [6.45, 7) is 5.28. The minimum absolute atomic E-state index is 0.390. The number of halogens is 1. The quantitative estimate of drug-likeness (QED) is 0.597. The van der Waals surface area contributed by atoms with E-state index < -0.39 is 0 Å². The number of carbonyl (C=O) groups excluding carboxylic acids is 1. The molecule has 0 atom stereocenters. The van der Waals surface area contributed by atoms with E-state index in [0.717, 1.165) is 0 Å². The summed E-state index contributed by atoms with van der Waals surface area (Å²) in [5.41, 5.74) is 0. The van der Waals surface area contributed by atoms with Gasteiger partial charge in [-0.1, -0.05) is 12.8 Å². The van der Waals surface area contributed by atoms with Gasteiger partial charge in [-0.15, -0.1) is 0 Å². The van der Waals surface area contributed by atoms with Gasteiger partial charge in [-0.05, 0) is 25.7 Å². The van der Waals surface area contributed by atoms with Crippen molar-refractivity contribution >= 4 is 18.2 Å². The number of hydrogen-bond donors (Lipinski definition) is 1. The summed E-state index contributed by atoms with van der Waals surface area (Å²) in [4.78, 5) is 10.7. The summed E-state index contributed by atoms with van der Waals surface area (Å²) < 4.78 is 0. The van der Waals surface area contributed by atoms with E-state index in [0.29, 0.717) is 6.41 Å². The predicted molar refractivity (Wildman–Crippen MR) is 65.9 cm³/mol. The van der Waals surface area contributed by atoms with Gasteiger partial charge in [-0.3, -0.25) is 9.63 Å². The molecule has 2 saturated heterocycles. The van der Waals surface area contributed by atoms with E-state index in [-0.39, 0.29) is 0 Å². The molecule has 1 N–H and O–H groups in total. The van der Waals surface area contributed by atoms with Gasteiger partial charge in [0.25, 0.3) is 0 Å². The second-order valence-corrected chi connectivity index (χ2v) is 4.47. The molecule has 2 fully saturated rings. The molecule has 0 aliphatic carbocycles. The van der Waals surface area contributed by atoms with Crippen molar-refractivity contribution < 1.29 is 4.79 Å². The molecule has 94 valence electrons. The second kappa shape index (κ2) is 8.79. The van der Waals surface area contributed by atoms with Gasteiger partial charge in [0.15, 0.2) is 0 Å². The maximum Gasteiger partial charge on any atom is 0.221 e. The van der Waals surface area contributed by atoms with Gasteiger partial charge in [0.2, 0.25) is 6.41 Å². The highest BCUT2D eigenvalue weighted by Gasteiger charge is 2.19. The molecule has 0 radical (unpaired) electrons. The van der Waals surface area contributed by atoms with Crippen LogP contribution in [-0.4, -0.2) is 42.6 Å². The Morgan fingerprint density at radius 2 is 1.12 bits per heavy atom. The van der Waals surface area contributed by atoms with Crippen molar-refractivity contribution in [2.75, 3.05) is 26.2 Å². The monoisotopic (exact) mass is 247 g/mol. The molecule has 2 aliphatic heterocycles. The molecule has 16 heavy (non-hydrogen) atoms. The molecule has 0 aromatic rings. The lowest BCUT2D eigenvalue weighted by atomic mass is 10.1. The molecule has 4 nitrogen and oxygen atoms in total. The molecular formula is C11H22ClN3O. The Hall–Kier alpha value is -0.320. The maximum absolute atomic E-state index is 8.93. The van der Waals surface area contributed by atoms with Crippen molar-refractivity contribution in [3.8, 4) is 0 Å². The van der Waals surface area contributed by atoms with E-state index >= 15 is 0 Å². The number of piperidine rings is 2. The molecule has 0 unspecified atom stereocenters. The third kappa shape index (κ3) is 5.14. The number of hydrogen-bond acceptors (Lipinski definition) is 3. The molecule has 0 aromatic heterocycles. The minimum Gasteiger partial charge on any atom is -0.278 e. The molecule has 0 saturated carbocycles. The Bertz CT molecular complexity index is 164. The lowest BCUT2D eigenvalue weighted by molar-refractivity contribution is -0.108. The number of amides is 1. The second-order valence-electron chi connectivity index (χ2n) is 4.26. The molecule has 1 amide bonds. The van der Waals surface area contributed by atoms with E-state index in [9.17, 15) is 0 Å². The van der Waals surface area contributed by atoms with E-state index in [1.54, 1.807) is 4.84 Å². The Balaban J connectivity index is 0.000000280. The van der Waals surface area contributed by atoms with Crippen molar-refractivity contribution in [2.24, 2.45) is 0 Å². The van der Waals surface area contributed by atoms with Gasteiger partial charge in [-0.2, -0.15) is 0 Å². The average molecular weight is 248 g/mol. The topological polar surface area (TPSA) is 35.6 Å². The molecule has 2 rings (SSSR count). The van der Waals surface area contributed by atoms with Crippen molar-refractivity contribution in [1.29, 1.82) is 0 Å². The first kappa shape index (κ1) is 13.7. The molecular weight excluding hydrogens is 226 g/mol. The average Bonchev–Trinajstić information content (AvgIpc) is 2.41. The lowest BCUT2D eigenvalue weighted by Gasteiger charge is -2.39. The maximum atomic E-state index is 8.93. The van der Waals surface area contributed by atoms with Crippen LogP contribution in [-0.2, 0) is 4.79 Å². The summed E-state index contributed by atoms with van der Waals surface area (Å²) in [5, 5.41) is 5.17. The Labute approximate surface area is 103 Å². The summed E-state index contributed by atoms with van der Waals surface area (Å²) in [6, 6.07) is 0. The van der Waals surface area contributed by atoms with Gasteiger partial charge in [0.1, 0.15) is 0 Å². The summed E-state index contributed by atoms with van der Waals surface area (Å²) in [6.07, 6.45) is 8.94. The first-order valence-corrected chi connectivity index (χ1v) is 6.56. The van der Waals surface area contributed by atoms with Crippen LogP contribution in [0, 0.1) is 0 Å². The van der Waals surface area contributed by atoms with Gasteiger partial charge in [0.05, 0.1) is 0 Å². The Morgan fingerprint density at radius 1 is 0.812 bits per heavy atom. The van der Waals surface area contributed by atoms with Crippen LogP contribution in [0.4, 0.5) is 0 Å². The Kier molecular flexibility index (Phi) is 7.55. The third-order valence-corrected chi connectivity index (χ3v) is 3.20. The number of rotatable bonds is 2. The highest BCUT2D eigenvalue weighted by Crippen LogP contribution is 2.16. The fourth-order valence-corrected chi connectivity index (χ4v) is 2.32. The fourth-order valence-electron chi connectivity index (χ4n) is 2.32. The van der Waals surface area contributed by atoms with Crippen LogP contribution in [0.25, 0.3) is 0 Å². The van der Waals surface area contributed by atoms with Gasteiger partial charge >= 0.3 is 0 Å². The Morgan fingerprint density at radius 3 is 1.38 bits per heavy atom. The van der Waals surface area contributed by atoms with Crippen LogP contribution in [0.1, 0.15) is 38.5 Å². The normalized spacial score (nSPS) is 23.1. The van der Waals surface area contributed by atoms with Crippen LogP contribution in [0.5, 0.6) is 0 Å². The molecule has 0 spiro atoms. The zero-order valence-corrected chi connectivity index (χ0v) is 10.6. The van der Waals surface area contributed by atoms with Gasteiger partial charge in [-0.25, -0.2) is 10.0 Å². The van der Waals surface area contributed by atoms with E-state index in [4.69, 9.17) is 4.79 Å². The number of nitrogens with zero attached hydrogens (tertiary/aromatic N) is 2. The number of nitrogens with one attached hydrogen (secondary N) is 1. The van der Waals surface area contributed by atoms with Crippen molar-refractivity contribution in [3.63, 3.8) is 0 Å². The van der Waals surface area contributed by atoms with E-state index in [2.05, 4.69) is 21.8 Å². The lowest BCUT2D eigenvalue weighted by Crippen LogP contribution is -2.47. The van der Waals surface area contributed by atoms with E-state index in [1.165, 1.54) is 64.7 Å². The molecule has 0 aromatic carbocycles. The van der Waals surface area contributed by atoms with Crippen LogP contribution in [0.15, 0.2) is 0 Å². The molecule has 5 heteroatoms. The summed E-state index contributed by atoms with van der Waals surface area (Å²) in [5.74, 6) is 0. The van der Waals surface area contributed by atoms with Crippen molar-refractivity contribution in [2.45, 2.75) is 38.5 Å². The standard InChI is InChI=1S/C10H20N2.CH2ClNO/c1-3-7-11(8-4-1)12-9-5-2-6-10-12;2-3-1-4/h1-10H2;1H,(H,3,4). The van der Waals surface area contributed by atoms with Crippen LogP contribution in [0.3, 0.4) is 0 Å². The first-order valence-electron chi connectivity index (χ1n) is 6.18. The van der Waals surface area contributed by atoms with E-state index in [1.807, 2.05) is 0 Å². The highest BCUT2D eigenvalue weighted by molar-refractivity contribution is 6.18. The zero-order valence-electron chi connectivity index (χ0n) is 9.83. The third-order valence-electron chi connectivity index (χ3n) is 3.11. The van der Waals surface area contributed by atoms with Crippen LogP contribution in [0.2, 0.25) is 0 Å². The fraction of sp³-hybridized carbons (Fsp3) is 0.909. The summed E-state index contributed by atoms with van der Waals surface area (Å²) >= 11 is 4.57. The molecule has 2 heterocycles. The van der Waals surface area contributed by atoms with Crippen LogP contribution < -0.4 is 4.84 Å². The first-order chi connectivity index (χ1) is 7.88. The van der Waals surface area contributed by atoms with Gasteiger partial charge in [0, 0.05) is 38.0 Å². The zero-order chi connectivity index (χ0) is 11.6. The minimum atomic E-state index is 0.390. The SMILES string of the molecule is C1CCN(N2CCCCC2)CC1.O=CNCl. The van der Waals surface area contributed by atoms with Crippen molar-refractivity contribution in [1.82, 2.24) is 14.9 Å². The van der Waals surface area contributed by atoms with Gasteiger partial charge < -0.3 is 0 Å². The number of carbonyl (C=O) groups is 1. The summed E-state index contributed by atoms with van der Waals surface area (Å²) in [7, 11) is 0. The highest BCUT2D eigenvalue weighted by atomic mass is 35.5. The van der Waals surface area contributed by atoms with Crippen LogP contribution >= 0.6 is 11.8 Å². The molecule has 0 bridgehead atoms. The largest absolute Gasteiger partial charge is 0.278 e. The predicted octanol–water partition coefficient (Wildman–Crippen LogP) is 1.76. The smallest absolute Gasteiger partial charge is 0.221 e.